The summed E-state index contributed by atoms with van der Waals surface area (Å²) < 4.78 is 2.22. The van der Waals surface area contributed by atoms with Crippen LogP contribution in [0, 0.1) is 5.92 Å². The lowest BCUT2D eigenvalue weighted by Gasteiger charge is -2.15. The van der Waals surface area contributed by atoms with Gasteiger partial charge in [0.05, 0.1) is 17.1 Å². The Morgan fingerprint density at radius 1 is 1.45 bits per heavy atom. The lowest BCUT2D eigenvalue weighted by atomic mass is 10.1. The van der Waals surface area contributed by atoms with Crippen molar-refractivity contribution in [2.45, 2.75) is 45.7 Å². The topological polar surface area (TPSA) is 93.2 Å². The van der Waals surface area contributed by atoms with Crippen LogP contribution in [0.15, 0.2) is 24.3 Å². The number of para-hydroxylation sites is 2. The van der Waals surface area contributed by atoms with Crippen LogP contribution in [0.4, 0.5) is 0 Å². The lowest BCUT2D eigenvalue weighted by Crippen LogP contribution is -2.39. The first kappa shape index (κ1) is 16.5. The van der Waals surface area contributed by atoms with Crippen LogP contribution >= 0.6 is 0 Å². The number of aryl methyl sites for hydroxylation is 1. The maximum atomic E-state index is 11.3. The molecular weight excluding hydrogens is 280 g/mol. The normalized spacial score (nSPS) is 14.0. The largest absolute Gasteiger partial charge is 0.328 e. The van der Waals surface area contributed by atoms with Gasteiger partial charge in [0, 0.05) is 13.0 Å². The van der Waals surface area contributed by atoms with Gasteiger partial charge in [-0.05, 0) is 24.5 Å². The minimum absolute atomic E-state index is 0.441. The smallest absolute Gasteiger partial charge is 0.260 e. The van der Waals surface area contributed by atoms with E-state index in [9.17, 15) is 4.79 Å². The number of nitrogens with one attached hydrogen (secondary N) is 1. The third-order valence-corrected chi connectivity index (χ3v) is 4.05. The molecule has 1 amide bonds. The molecule has 0 saturated heterocycles. The summed E-state index contributed by atoms with van der Waals surface area (Å²) in [7, 11) is 0. The van der Waals surface area contributed by atoms with E-state index in [-0.39, 0.29) is 0 Å². The van der Waals surface area contributed by atoms with Crippen LogP contribution in [0.3, 0.4) is 0 Å². The molecule has 2 atom stereocenters. The second-order valence-corrected chi connectivity index (χ2v) is 5.76. The number of hydrogen-bond acceptors (Lipinski definition) is 4. The van der Waals surface area contributed by atoms with E-state index in [2.05, 4.69) is 29.5 Å². The highest BCUT2D eigenvalue weighted by Crippen LogP contribution is 2.20. The maximum absolute atomic E-state index is 11.3. The summed E-state index contributed by atoms with van der Waals surface area (Å²) in [6, 6.07) is 7.30. The van der Waals surface area contributed by atoms with Gasteiger partial charge in [-0.25, -0.2) is 10.5 Å². The molecule has 22 heavy (non-hydrogen) atoms. The molecule has 1 aromatic heterocycles. The van der Waals surface area contributed by atoms with Crippen molar-refractivity contribution in [1.29, 1.82) is 0 Å². The van der Waals surface area contributed by atoms with Crippen molar-refractivity contribution in [1.82, 2.24) is 15.0 Å². The quantitative estimate of drug-likeness (QED) is 0.537. The fraction of sp³-hybridized carbons (Fsp3) is 0.500. The lowest BCUT2D eigenvalue weighted by molar-refractivity contribution is -0.130. The van der Waals surface area contributed by atoms with Gasteiger partial charge in [-0.1, -0.05) is 32.4 Å². The van der Waals surface area contributed by atoms with E-state index >= 15 is 0 Å². The van der Waals surface area contributed by atoms with Crippen LogP contribution < -0.4 is 11.2 Å². The number of rotatable bonds is 7. The molecule has 1 heterocycles. The first-order valence-corrected chi connectivity index (χ1v) is 7.70. The Labute approximate surface area is 130 Å². The van der Waals surface area contributed by atoms with Crippen LogP contribution in [-0.2, 0) is 17.8 Å². The Hall–Kier alpha value is -1.92. The molecule has 6 nitrogen and oxygen atoms in total. The van der Waals surface area contributed by atoms with Gasteiger partial charge in [0.15, 0.2) is 0 Å². The molecule has 0 aliphatic heterocycles. The summed E-state index contributed by atoms with van der Waals surface area (Å²) in [5.41, 5.74) is 9.40. The zero-order valence-electron chi connectivity index (χ0n) is 13.1. The number of hydrogen-bond donors (Lipinski definition) is 3. The average Bonchev–Trinajstić information content (AvgIpc) is 2.89. The molecule has 4 N–H and O–H groups in total. The second-order valence-electron chi connectivity index (χ2n) is 5.76. The molecule has 2 rings (SSSR count). The summed E-state index contributed by atoms with van der Waals surface area (Å²) in [4.78, 5) is 16.0. The monoisotopic (exact) mass is 304 g/mol. The van der Waals surface area contributed by atoms with Crippen molar-refractivity contribution in [2.75, 3.05) is 0 Å². The molecule has 0 aliphatic rings. The van der Waals surface area contributed by atoms with Crippen LogP contribution in [-0.4, -0.2) is 26.7 Å². The van der Waals surface area contributed by atoms with Crippen LogP contribution in [0.2, 0.25) is 0 Å². The maximum Gasteiger partial charge on any atom is 0.260 e. The number of benzene rings is 1. The van der Waals surface area contributed by atoms with Gasteiger partial charge in [-0.3, -0.25) is 10.0 Å². The molecule has 1 unspecified atom stereocenters. The number of aromatic nitrogens is 2. The Balaban J connectivity index is 2.24. The van der Waals surface area contributed by atoms with Crippen LogP contribution in [0.25, 0.3) is 11.0 Å². The van der Waals surface area contributed by atoms with Gasteiger partial charge in [-0.15, -0.1) is 0 Å². The predicted octanol–water partition coefficient (Wildman–Crippen LogP) is 1.85. The SMILES string of the molecule is CCC(C)Cn1c(CC[C@H](N)C(=O)NO)nc2ccccc21. The number of imidazole rings is 1. The number of nitrogens with zero attached hydrogens (tertiary/aromatic N) is 2. The molecule has 0 saturated carbocycles. The number of carbonyl (C=O) groups is 1. The summed E-state index contributed by atoms with van der Waals surface area (Å²) in [5, 5.41) is 8.62. The van der Waals surface area contributed by atoms with Gasteiger partial charge in [-0.2, -0.15) is 0 Å². The molecule has 0 radical (unpaired) electrons. The Morgan fingerprint density at radius 2 is 2.18 bits per heavy atom. The second kappa shape index (κ2) is 7.38. The van der Waals surface area contributed by atoms with Crippen molar-refractivity contribution >= 4 is 16.9 Å². The number of hydroxylamine groups is 1. The van der Waals surface area contributed by atoms with E-state index < -0.39 is 11.9 Å². The summed E-state index contributed by atoms with van der Waals surface area (Å²) >= 11 is 0. The molecule has 0 bridgehead atoms. The van der Waals surface area contributed by atoms with Gasteiger partial charge in [0.1, 0.15) is 5.82 Å². The molecule has 2 aromatic rings. The van der Waals surface area contributed by atoms with Crippen molar-refractivity contribution in [2.24, 2.45) is 11.7 Å². The number of fused-ring (bicyclic) bond motifs is 1. The molecule has 0 aliphatic carbocycles. The van der Waals surface area contributed by atoms with Gasteiger partial charge in [0.25, 0.3) is 5.91 Å². The van der Waals surface area contributed by atoms with Gasteiger partial charge < -0.3 is 10.3 Å². The van der Waals surface area contributed by atoms with Gasteiger partial charge >= 0.3 is 0 Å². The minimum atomic E-state index is -0.734. The summed E-state index contributed by atoms with van der Waals surface area (Å²) in [6.45, 7) is 5.28. The van der Waals surface area contributed by atoms with Crippen molar-refractivity contribution in [3.63, 3.8) is 0 Å². The van der Waals surface area contributed by atoms with Crippen molar-refractivity contribution in [3.8, 4) is 0 Å². The highest BCUT2D eigenvalue weighted by molar-refractivity contribution is 5.80. The van der Waals surface area contributed by atoms with Crippen LogP contribution in [0.1, 0.15) is 32.5 Å². The van der Waals surface area contributed by atoms with E-state index in [1.165, 1.54) is 0 Å². The highest BCUT2D eigenvalue weighted by atomic mass is 16.5. The van der Waals surface area contributed by atoms with Gasteiger partial charge in [0.2, 0.25) is 0 Å². The first-order valence-electron chi connectivity index (χ1n) is 7.70. The zero-order chi connectivity index (χ0) is 16.1. The van der Waals surface area contributed by atoms with Crippen molar-refractivity contribution in [3.05, 3.63) is 30.1 Å². The zero-order valence-corrected chi connectivity index (χ0v) is 13.1. The van der Waals surface area contributed by atoms with E-state index in [0.29, 0.717) is 18.8 Å². The third-order valence-electron chi connectivity index (χ3n) is 4.05. The first-order chi connectivity index (χ1) is 10.6. The van der Waals surface area contributed by atoms with E-state index in [1.807, 2.05) is 18.2 Å². The van der Waals surface area contributed by atoms with Crippen molar-refractivity contribution < 1.29 is 10.0 Å². The Morgan fingerprint density at radius 3 is 2.86 bits per heavy atom. The minimum Gasteiger partial charge on any atom is -0.328 e. The fourth-order valence-electron chi connectivity index (χ4n) is 2.46. The molecule has 120 valence electrons. The van der Waals surface area contributed by atoms with E-state index in [1.54, 1.807) is 5.48 Å². The van der Waals surface area contributed by atoms with Crippen LogP contribution in [0.5, 0.6) is 0 Å². The summed E-state index contributed by atoms with van der Waals surface area (Å²) in [5.74, 6) is 0.915. The fourth-order valence-corrected chi connectivity index (χ4v) is 2.46. The average molecular weight is 304 g/mol. The number of nitrogens with two attached hydrogens (primary N) is 1. The molecule has 6 heteroatoms. The third kappa shape index (κ3) is 3.64. The van der Waals surface area contributed by atoms with E-state index in [4.69, 9.17) is 10.9 Å². The molecule has 0 spiro atoms. The standard InChI is InChI=1S/C16H24N4O2/c1-3-11(2)10-20-14-7-5-4-6-13(14)18-15(20)9-8-12(17)16(21)19-22/h4-7,11-12,22H,3,8-10,17H2,1-2H3,(H,19,21)/t11?,12-/m0/s1. The Kier molecular flexibility index (Phi) is 5.51. The number of carbonyl (C=O) groups excluding carboxylic acids is 1. The molecule has 0 fully saturated rings. The summed E-state index contributed by atoms with van der Waals surface area (Å²) in [6.07, 6.45) is 2.13. The molecular formula is C16H24N4O2. The Bertz CT molecular complexity index is 638. The number of amides is 1. The highest BCUT2D eigenvalue weighted by Gasteiger charge is 2.16. The predicted molar refractivity (Wildman–Crippen MR) is 85.4 cm³/mol. The van der Waals surface area contributed by atoms with E-state index in [0.717, 1.165) is 29.8 Å². The molecule has 1 aromatic carbocycles.